The van der Waals surface area contributed by atoms with Gasteiger partial charge in [-0.2, -0.15) is 0 Å². The molecule has 0 radical (unpaired) electrons. The van der Waals surface area contributed by atoms with Gasteiger partial charge in [-0.05, 0) is 6.42 Å². The smallest absolute Gasteiger partial charge is 0.312 e. The summed E-state index contributed by atoms with van der Waals surface area (Å²) >= 11 is 0. The monoisotopic (exact) mass is 353 g/mol. The van der Waals surface area contributed by atoms with Crippen LogP contribution < -0.4 is 11.5 Å². The Balaban J connectivity index is 2.82. The molecule has 8 nitrogen and oxygen atoms in total. The molecule has 1 heterocycles. The lowest BCUT2D eigenvalue weighted by Gasteiger charge is -2.19. The second kappa shape index (κ2) is 10.5. The summed E-state index contributed by atoms with van der Waals surface area (Å²) in [6.45, 7) is 9.73. The number of nitrogens with zero attached hydrogens (tertiary/aromatic N) is 1. The van der Waals surface area contributed by atoms with E-state index < -0.39 is 36.0 Å². The van der Waals surface area contributed by atoms with Crippen LogP contribution in [0.5, 0.6) is 0 Å². The molecule has 1 aliphatic rings. The van der Waals surface area contributed by atoms with Crippen LogP contribution in [0.1, 0.15) is 19.8 Å². The fourth-order valence-electron chi connectivity index (χ4n) is 2.56. The minimum atomic E-state index is -0.853. The first-order chi connectivity index (χ1) is 12.0. The maximum Gasteiger partial charge on any atom is 0.312 e. The second-order valence-electron chi connectivity index (χ2n) is 5.58. The summed E-state index contributed by atoms with van der Waals surface area (Å²) in [5, 5.41) is 0. The minimum Gasteiger partial charge on any atom is -0.465 e. The largest absolute Gasteiger partial charge is 0.465 e. The van der Waals surface area contributed by atoms with Gasteiger partial charge in [-0.15, -0.1) is 13.2 Å². The van der Waals surface area contributed by atoms with Crippen LogP contribution in [0.25, 0.3) is 0 Å². The number of unbranched alkanes of at least 4 members (excludes halogenated alkanes) is 1. The summed E-state index contributed by atoms with van der Waals surface area (Å²) in [6.07, 6.45) is 3.28. The normalized spacial score (nSPS) is 25.0. The zero-order chi connectivity index (χ0) is 18.8. The number of esters is 2. The average molecular weight is 353 g/mol. The molecule has 0 aromatic rings. The van der Waals surface area contributed by atoms with E-state index in [2.05, 4.69) is 18.2 Å². The van der Waals surface area contributed by atoms with E-state index in [0.717, 1.165) is 12.8 Å². The highest BCUT2D eigenvalue weighted by molar-refractivity contribution is 5.84. The van der Waals surface area contributed by atoms with Gasteiger partial charge in [0.15, 0.2) is 5.96 Å². The van der Waals surface area contributed by atoms with Crippen LogP contribution >= 0.6 is 0 Å². The van der Waals surface area contributed by atoms with Gasteiger partial charge in [-0.25, -0.2) is 0 Å². The van der Waals surface area contributed by atoms with Crippen LogP contribution in [-0.4, -0.2) is 49.9 Å². The third kappa shape index (κ3) is 5.90. The van der Waals surface area contributed by atoms with Gasteiger partial charge in [-0.3, -0.25) is 14.6 Å². The Morgan fingerprint density at radius 2 is 1.60 bits per heavy atom. The zero-order valence-electron chi connectivity index (χ0n) is 14.6. The van der Waals surface area contributed by atoms with Crippen LogP contribution in [0.15, 0.2) is 30.3 Å². The molecule has 1 rings (SSSR count). The summed E-state index contributed by atoms with van der Waals surface area (Å²) in [4.78, 5) is 28.6. The van der Waals surface area contributed by atoms with Crippen molar-refractivity contribution in [1.82, 2.24) is 0 Å². The van der Waals surface area contributed by atoms with Gasteiger partial charge in [0.1, 0.15) is 18.4 Å². The highest BCUT2D eigenvalue weighted by Crippen LogP contribution is 2.36. The van der Waals surface area contributed by atoms with Gasteiger partial charge >= 0.3 is 11.9 Å². The maximum atomic E-state index is 12.5. The van der Waals surface area contributed by atoms with Crippen molar-refractivity contribution in [2.75, 3.05) is 19.8 Å². The van der Waals surface area contributed by atoms with E-state index >= 15 is 0 Å². The number of hydrogen-bond donors (Lipinski definition) is 2. The first kappa shape index (κ1) is 20.7. The van der Waals surface area contributed by atoms with E-state index in [1.165, 1.54) is 12.2 Å². The van der Waals surface area contributed by atoms with E-state index in [1.807, 2.05) is 6.92 Å². The van der Waals surface area contributed by atoms with Gasteiger partial charge in [0.2, 0.25) is 0 Å². The second-order valence-corrected chi connectivity index (χ2v) is 5.58. The Morgan fingerprint density at radius 3 is 2.04 bits per heavy atom. The Kier molecular flexibility index (Phi) is 8.69. The highest BCUT2D eigenvalue weighted by Gasteiger charge is 2.51. The molecule has 0 aromatic carbocycles. The molecule has 4 N–H and O–H groups in total. The highest BCUT2D eigenvalue weighted by atomic mass is 16.6. The van der Waals surface area contributed by atoms with E-state index in [9.17, 15) is 9.59 Å². The van der Waals surface area contributed by atoms with Crippen molar-refractivity contribution in [3.05, 3.63) is 25.3 Å². The van der Waals surface area contributed by atoms with E-state index in [4.69, 9.17) is 25.7 Å². The van der Waals surface area contributed by atoms with Crippen LogP contribution in [0.3, 0.4) is 0 Å². The molecule has 0 aliphatic carbocycles. The predicted molar refractivity (Wildman–Crippen MR) is 93.5 cm³/mol. The van der Waals surface area contributed by atoms with Gasteiger partial charge < -0.3 is 25.7 Å². The number of hydrogen-bond acceptors (Lipinski definition) is 6. The topological polar surface area (TPSA) is 126 Å². The van der Waals surface area contributed by atoms with Gasteiger partial charge in [0, 0.05) is 0 Å². The molecular formula is C17H27N3O5. The number of rotatable bonds is 10. The molecule has 0 spiro atoms. The van der Waals surface area contributed by atoms with Crippen molar-refractivity contribution in [3.8, 4) is 0 Å². The van der Waals surface area contributed by atoms with Crippen molar-refractivity contribution in [3.63, 3.8) is 0 Å². The third-order valence-corrected chi connectivity index (χ3v) is 3.79. The molecule has 0 bridgehead atoms. The van der Waals surface area contributed by atoms with E-state index in [1.54, 1.807) is 0 Å². The van der Waals surface area contributed by atoms with Gasteiger partial charge in [-0.1, -0.05) is 25.5 Å². The fraction of sp³-hybridized carbons (Fsp3) is 0.588. The molecular weight excluding hydrogens is 326 g/mol. The molecule has 0 unspecified atom stereocenters. The molecule has 8 heteroatoms. The number of aliphatic imine (C=N–C) groups is 1. The zero-order valence-corrected chi connectivity index (χ0v) is 14.6. The van der Waals surface area contributed by atoms with Crippen molar-refractivity contribution < 1.29 is 23.8 Å². The first-order valence-corrected chi connectivity index (χ1v) is 8.25. The summed E-state index contributed by atoms with van der Waals surface area (Å²) in [5.74, 6) is -2.86. The molecule has 4 atom stereocenters. The van der Waals surface area contributed by atoms with Crippen molar-refractivity contribution in [1.29, 1.82) is 0 Å². The van der Waals surface area contributed by atoms with E-state index in [0.29, 0.717) is 6.61 Å². The lowest BCUT2D eigenvalue weighted by Crippen LogP contribution is -2.37. The summed E-state index contributed by atoms with van der Waals surface area (Å²) in [6, 6.07) is 0. The molecule has 1 aliphatic heterocycles. The number of carbonyl (C=O) groups is 2. The van der Waals surface area contributed by atoms with Crippen LogP contribution in [-0.2, 0) is 23.8 Å². The molecule has 140 valence electrons. The Bertz CT molecular complexity index is 516. The van der Waals surface area contributed by atoms with Crippen LogP contribution in [0, 0.1) is 11.8 Å². The Morgan fingerprint density at radius 1 is 1.08 bits per heavy atom. The molecule has 1 saturated heterocycles. The SMILES string of the molecule is C=C[C@@H]1O[C@H](C=C)[C@@H](C(=O)OCCN=C(N)N)[C@H]1C(=O)OCCCC. The van der Waals surface area contributed by atoms with Crippen molar-refractivity contribution >= 4 is 17.9 Å². The molecule has 25 heavy (non-hydrogen) atoms. The lowest BCUT2D eigenvalue weighted by molar-refractivity contribution is -0.159. The Hall–Kier alpha value is -2.35. The third-order valence-electron chi connectivity index (χ3n) is 3.79. The summed E-state index contributed by atoms with van der Waals surface area (Å²) in [5.41, 5.74) is 10.4. The minimum absolute atomic E-state index is 0.00649. The van der Waals surface area contributed by atoms with Crippen molar-refractivity contribution in [2.45, 2.75) is 32.0 Å². The number of carbonyl (C=O) groups excluding carboxylic acids is 2. The molecule has 0 amide bonds. The number of ether oxygens (including phenoxy) is 3. The molecule has 0 saturated carbocycles. The average Bonchev–Trinajstić information content (AvgIpc) is 2.97. The van der Waals surface area contributed by atoms with E-state index in [-0.39, 0.29) is 19.1 Å². The van der Waals surface area contributed by atoms with Gasteiger partial charge in [0.25, 0.3) is 0 Å². The number of guanidine groups is 1. The summed E-state index contributed by atoms with van der Waals surface area (Å²) < 4.78 is 16.1. The standard InChI is InChI=1S/C17H27N3O5/c1-4-7-9-23-15(21)13-11(5-2)25-12(6-3)14(13)16(22)24-10-8-20-17(18)19/h5-6,11-14H,2-4,7-10H2,1H3,(H4,18,19,20)/t11-,12+,13-,14+/m0/s1. The fourth-order valence-corrected chi connectivity index (χ4v) is 2.56. The lowest BCUT2D eigenvalue weighted by atomic mass is 9.87. The number of nitrogens with two attached hydrogens (primary N) is 2. The quantitative estimate of drug-likeness (QED) is 0.193. The molecule has 1 fully saturated rings. The van der Waals surface area contributed by atoms with Crippen LogP contribution in [0.2, 0.25) is 0 Å². The van der Waals surface area contributed by atoms with Crippen molar-refractivity contribution in [2.24, 2.45) is 28.3 Å². The van der Waals surface area contributed by atoms with Gasteiger partial charge in [0.05, 0.1) is 25.4 Å². The van der Waals surface area contributed by atoms with Crippen LogP contribution in [0.4, 0.5) is 0 Å². The molecule has 0 aromatic heterocycles. The first-order valence-electron chi connectivity index (χ1n) is 8.25. The predicted octanol–water partition coefficient (Wildman–Crippen LogP) is 0.518. The Labute approximate surface area is 147 Å². The summed E-state index contributed by atoms with van der Waals surface area (Å²) in [7, 11) is 0. The maximum absolute atomic E-state index is 12.5.